The summed E-state index contributed by atoms with van der Waals surface area (Å²) in [6.07, 6.45) is 0.872. The Morgan fingerprint density at radius 3 is 2.66 bits per heavy atom. The molecule has 4 nitrogen and oxygen atoms in total. The van der Waals surface area contributed by atoms with Gasteiger partial charge in [-0.25, -0.2) is 9.98 Å². The van der Waals surface area contributed by atoms with Crippen LogP contribution in [0.2, 0.25) is 0 Å². The number of pyridine rings is 1. The molecule has 1 aromatic heterocycles. The zero-order valence-corrected chi connectivity index (χ0v) is 17.1. The van der Waals surface area contributed by atoms with E-state index in [0.29, 0.717) is 12.5 Å². The fourth-order valence-electron chi connectivity index (χ4n) is 3.47. The Balaban J connectivity index is 1.54. The van der Waals surface area contributed by atoms with Crippen molar-refractivity contribution in [1.29, 1.82) is 0 Å². The summed E-state index contributed by atoms with van der Waals surface area (Å²) in [6.45, 7) is 6.75. The Kier molecular flexibility index (Phi) is 5.52. The van der Waals surface area contributed by atoms with Crippen molar-refractivity contribution < 1.29 is 4.74 Å². The molecule has 3 aromatic rings. The number of benzene rings is 2. The van der Waals surface area contributed by atoms with E-state index < -0.39 is 0 Å². The molecule has 1 aliphatic heterocycles. The van der Waals surface area contributed by atoms with Crippen LogP contribution in [0.4, 0.5) is 5.69 Å². The van der Waals surface area contributed by atoms with E-state index in [1.165, 1.54) is 11.1 Å². The molecule has 1 aliphatic rings. The fraction of sp³-hybridized carbons (Fsp3) is 0.240. The van der Waals surface area contributed by atoms with Gasteiger partial charge in [-0.05, 0) is 56.5 Å². The third kappa shape index (κ3) is 4.60. The molecule has 0 N–H and O–H groups in total. The lowest BCUT2D eigenvalue weighted by Gasteiger charge is -2.06. The van der Waals surface area contributed by atoms with Crippen LogP contribution in [0.3, 0.4) is 0 Å². The molecular formula is C25H25N3O. The van der Waals surface area contributed by atoms with Gasteiger partial charge in [-0.15, -0.1) is 0 Å². The largest absolute Gasteiger partial charge is 0.474 e. The van der Waals surface area contributed by atoms with Crippen LogP contribution in [0.15, 0.2) is 76.7 Å². The molecule has 0 radical (unpaired) electrons. The van der Waals surface area contributed by atoms with Gasteiger partial charge >= 0.3 is 0 Å². The molecule has 2 heterocycles. The van der Waals surface area contributed by atoms with Crippen molar-refractivity contribution in [2.75, 3.05) is 6.61 Å². The second kappa shape index (κ2) is 8.39. The highest BCUT2D eigenvalue weighted by Gasteiger charge is 2.21. The van der Waals surface area contributed by atoms with Gasteiger partial charge in [-0.1, -0.05) is 54.1 Å². The highest BCUT2D eigenvalue weighted by Crippen LogP contribution is 2.21. The molecule has 0 bridgehead atoms. The minimum absolute atomic E-state index is 0.128. The van der Waals surface area contributed by atoms with E-state index >= 15 is 0 Å². The van der Waals surface area contributed by atoms with Crippen LogP contribution in [-0.2, 0) is 11.2 Å². The lowest BCUT2D eigenvalue weighted by atomic mass is 10.1. The summed E-state index contributed by atoms with van der Waals surface area (Å²) in [5, 5.41) is 0. The molecule has 0 spiro atoms. The summed E-state index contributed by atoms with van der Waals surface area (Å²) >= 11 is 0. The average Bonchev–Trinajstić information content (AvgIpc) is 3.19. The van der Waals surface area contributed by atoms with Gasteiger partial charge in [0, 0.05) is 0 Å². The van der Waals surface area contributed by atoms with E-state index in [4.69, 9.17) is 19.7 Å². The summed E-state index contributed by atoms with van der Waals surface area (Å²) in [7, 11) is 0. The molecule has 0 unspecified atom stereocenters. The summed E-state index contributed by atoms with van der Waals surface area (Å²) in [5.41, 5.74) is 7.10. The maximum Gasteiger partial charge on any atom is 0.235 e. The minimum atomic E-state index is 0.128. The molecule has 29 heavy (non-hydrogen) atoms. The molecule has 0 amide bonds. The number of aliphatic imine (C=N–C) groups is 2. The van der Waals surface area contributed by atoms with Gasteiger partial charge in [0.2, 0.25) is 5.90 Å². The lowest BCUT2D eigenvalue weighted by molar-refractivity contribution is 0.316. The Morgan fingerprint density at radius 2 is 1.86 bits per heavy atom. The zero-order chi connectivity index (χ0) is 20.2. The molecule has 0 saturated carbocycles. The quantitative estimate of drug-likeness (QED) is 0.567. The Hall–Kier alpha value is -3.27. The van der Waals surface area contributed by atoms with E-state index in [1.54, 1.807) is 0 Å². The normalized spacial score (nSPS) is 16.4. The number of hydrogen-bond acceptors (Lipinski definition) is 4. The number of aromatic nitrogens is 1. The number of ether oxygens (including phenoxy) is 1. The third-order valence-corrected chi connectivity index (χ3v) is 5.01. The number of rotatable bonds is 5. The van der Waals surface area contributed by atoms with Crippen LogP contribution in [0.1, 0.15) is 35.0 Å². The van der Waals surface area contributed by atoms with Crippen LogP contribution in [0.25, 0.3) is 0 Å². The van der Waals surface area contributed by atoms with Crippen molar-refractivity contribution in [3.05, 3.63) is 94.8 Å². The van der Waals surface area contributed by atoms with Crippen molar-refractivity contribution in [2.45, 2.75) is 33.2 Å². The number of hydrogen-bond donors (Lipinski definition) is 0. The molecule has 0 saturated heterocycles. The van der Waals surface area contributed by atoms with Crippen LogP contribution in [0.5, 0.6) is 0 Å². The topological polar surface area (TPSA) is 46.8 Å². The molecular weight excluding hydrogens is 358 g/mol. The summed E-state index contributed by atoms with van der Waals surface area (Å²) in [4.78, 5) is 14.3. The van der Waals surface area contributed by atoms with E-state index in [2.05, 4.69) is 56.3 Å². The first-order valence-electron chi connectivity index (χ1n) is 9.93. The van der Waals surface area contributed by atoms with Crippen molar-refractivity contribution in [2.24, 2.45) is 9.98 Å². The van der Waals surface area contributed by atoms with E-state index in [1.807, 2.05) is 31.2 Å². The minimum Gasteiger partial charge on any atom is -0.474 e. The second-order valence-corrected chi connectivity index (χ2v) is 7.48. The summed E-state index contributed by atoms with van der Waals surface area (Å²) < 4.78 is 5.86. The molecule has 1 atom stereocenters. The molecule has 0 fully saturated rings. The summed E-state index contributed by atoms with van der Waals surface area (Å²) in [5.74, 6) is 0.618. The van der Waals surface area contributed by atoms with Gasteiger partial charge in [0.15, 0.2) is 0 Å². The smallest absolute Gasteiger partial charge is 0.235 e. The Morgan fingerprint density at radius 1 is 1.03 bits per heavy atom. The monoisotopic (exact) mass is 383 g/mol. The maximum absolute atomic E-state index is 5.86. The van der Waals surface area contributed by atoms with Crippen LogP contribution in [-0.4, -0.2) is 29.2 Å². The number of nitrogens with zero attached hydrogens (tertiary/aromatic N) is 3. The molecule has 0 aliphatic carbocycles. The first kappa shape index (κ1) is 19.1. The van der Waals surface area contributed by atoms with E-state index in [0.717, 1.165) is 34.8 Å². The predicted molar refractivity (Wildman–Crippen MR) is 118 cm³/mol. The van der Waals surface area contributed by atoms with Crippen molar-refractivity contribution >= 4 is 17.3 Å². The SMILES string of the molecule is CC(=Nc1ccc(C)cc1C)c1cccc(C2=N[C@@H](Cc3ccccc3)CO2)n1. The van der Waals surface area contributed by atoms with Gasteiger partial charge < -0.3 is 4.74 Å². The van der Waals surface area contributed by atoms with Gasteiger partial charge in [0.05, 0.1) is 23.1 Å². The first-order chi connectivity index (χ1) is 14.1. The lowest BCUT2D eigenvalue weighted by Crippen LogP contribution is -2.10. The number of aryl methyl sites for hydroxylation is 2. The van der Waals surface area contributed by atoms with Crippen molar-refractivity contribution in [3.8, 4) is 0 Å². The molecule has 4 heteroatoms. The van der Waals surface area contributed by atoms with Crippen molar-refractivity contribution in [3.63, 3.8) is 0 Å². The highest BCUT2D eigenvalue weighted by atomic mass is 16.5. The van der Waals surface area contributed by atoms with Crippen LogP contribution >= 0.6 is 0 Å². The second-order valence-electron chi connectivity index (χ2n) is 7.48. The molecule has 4 rings (SSSR count). The van der Waals surface area contributed by atoms with Gasteiger partial charge in [0.1, 0.15) is 12.3 Å². The van der Waals surface area contributed by atoms with Crippen molar-refractivity contribution in [1.82, 2.24) is 4.98 Å². The standard InChI is InChI=1S/C25H25N3O/c1-17-12-13-22(18(2)14-17)26-19(3)23-10-7-11-24(28-23)25-27-21(16-29-25)15-20-8-5-4-6-9-20/h4-14,21H,15-16H2,1-3H3/t21-/m0/s1. The maximum atomic E-state index is 5.86. The van der Waals surface area contributed by atoms with E-state index in [9.17, 15) is 0 Å². The Bertz CT molecular complexity index is 1070. The van der Waals surface area contributed by atoms with Crippen LogP contribution in [0, 0.1) is 13.8 Å². The first-order valence-corrected chi connectivity index (χ1v) is 9.93. The van der Waals surface area contributed by atoms with Crippen LogP contribution < -0.4 is 0 Å². The molecule has 2 aromatic carbocycles. The predicted octanol–water partition coefficient (Wildman–Crippen LogP) is 5.23. The zero-order valence-electron chi connectivity index (χ0n) is 17.1. The molecule has 146 valence electrons. The van der Waals surface area contributed by atoms with Gasteiger partial charge in [0.25, 0.3) is 0 Å². The highest BCUT2D eigenvalue weighted by molar-refractivity contribution is 6.00. The van der Waals surface area contributed by atoms with Gasteiger partial charge in [-0.2, -0.15) is 0 Å². The summed E-state index contributed by atoms with van der Waals surface area (Å²) in [6, 6.07) is 22.7. The third-order valence-electron chi connectivity index (χ3n) is 5.01. The van der Waals surface area contributed by atoms with Gasteiger partial charge in [-0.3, -0.25) is 4.99 Å². The Labute approximate surface area is 172 Å². The fourth-order valence-corrected chi connectivity index (χ4v) is 3.47. The van der Waals surface area contributed by atoms with E-state index in [-0.39, 0.29) is 6.04 Å². The average molecular weight is 383 g/mol.